The average molecular weight is 460 g/mol. The third kappa shape index (κ3) is 4.67. The largest absolute Gasteiger partial charge is 0.496 e. The summed E-state index contributed by atoms with van der Waals surface area (Å²) in [6.07, 6.45) is 3.98. The highest BCUT2D eigenvalue weighted by Gasteiger charge is 2.17. The Kier molecular flexibility index (Phi) is 6.30. The molecule has 0 radical (unpaired) electrons. The van der Waals surface area contributed by atoms with E-state index in [-0.39, 0.29) is 5.91 Å². The smallest absolute Gasteiger partial charge is 0.250 e. The molecule has 2 aromatic carbocycles. The molecule has 0 bridgehead atoms. The van der Waals surface area contributed by atoms with Gasteiger partial charge in [-0.25, -0.2) is 4.68 Å². The highest BCUT2D eigenvalue weighted by Crippen LogP contribution is 2.23. The minimum atomic E-state index is 0.101. The van der Waals surface area contributed by atoms with E-state index in [1.165, 1.54) is 0 Å². The van der Waals surface area contributed by atoms with Crippen LogP contribution < -0.4 is 4.74 Å². The molecule has 1 fully saturated rings. The fourth-order valence-electron chi connectivity index (χ4n) is 3.83. The Bertz CT molecular complexity index is 1320. The molecule has 4 aromatic rings. The van der Waals surface area contributed by atoms with Crippen LogP contribution in [-0.4, -0.2) is 69.4 Å². The minimum absolute atomic E-state index is 0.101. The summed E-state index contributed by atoms with van der Waals surface area (Å²) >= 11 is 0. The molecule has 2 aromatic heterocycles. The second kappa shape index (κ2) is 9.84. The number of carbonyl (C=O) groups excluding carboxylic acids is 1. The van der Waals surface area contributed by atoms with Crippen LogP contribution in [-0.2, 0) is 16.1 Å². The van der Waals surface area contributed by atoms with Gasteiger partial charge in [0.25, 0.3) is 5.89 Å². The summed E-state index contributed by atoms with van der Waals surface area (Å²) in [5.41, 5.74) is 3.23. The Morgan fingerprint density at radius 1 is 1.15 bits per heavy atom. The third-order valence-corrected chi connectivity index (χ3v) is 5.66. The number of aromatic nitrogens is 5. The number of hydrogen-bond acceptors (Lipinski definition) is 8. The van der Waals surface area contributed by atoms with Gasteiger partial charge in [0, 0.05) is 36.7 Å². The molecule has 10 nitrogen and oxygen atoms in total. The van der Waals surface area contributed by atoms with Crippen LogP contribution in [0.4, 0.5) is 0 Å². The summed E-state index contributed by atoms with van der Waals surface area (Å²) in [6.45, 7) is 2.93. The zero-order valence-electron chi connectivity index (χ0n) is 18.8. The Hall–Kier alpha value is -4.05. The molecular weight excluding hydrogens is 436 g/mol. The van der Waals surface area contributed by atoms with Crippen LogP contribution in [0.15, 0.2) is 47.0 Å². The van der Waals surface area contributed by atoms with Gasteiger partial charge in [-0.3, -0.25) is 4.79 Å². The zero-order chi connectivity index (χ0) is 23.3. The SMILES string of the molecule is COc1ccccc1/C=C/c1nc(-c2ccc3c(c2)nnn3CCC(=O)N2CCOCC2)no1. The lowest BCUT2D eigenvalue weighted by Crippen LogP contribution is -2.41. The molecule has 3 heterocycles. The molecule has 1 amide bonds. The quantitative estimate of drug-likeness (QED) is 0.414. The molecule has 0 N–H and O–H groups in total. The molecule has 174 valence electrons. The van der Waals surface area contributed by atoms with E-state index in [1.54, 1.807) is 17.9 Å². The van der Waals surface area contributed by atoms with Crippen molar-refractivity contribution in [1.82, 2.24) is 30.0 Å². The van der Waals surface area contributed by atoms with E-state index in [0.717, 1.165) is 22.4 Å². The van der Waals surface area contributed by atoms with Crippen molar-refractivity contribution >= 4 is 29.1 Å². The van der Waals surface area contributed by atoms with Gasteiger partial charge in [-0.2, -0.15) is 4.98 Å². The number of amides is 1. The molecule has 0 aliphatic carbocycles. The maximum absolute atomic E-state index is 12.4. The van der Waals surface area contributed by atoms with Crippen molar-refractivity contribution in [3.05, 3.63) is 53.9 Å². The molecular formula is C24H24N6O4. The topological polar surface area (TPSA) is 108 Å². The first-order chi connectivity index (χ1) is 16.7. The number of carbonyl (C=O) groups is 1. The molecule has 0 saturated carbocycles. The van der Waals surface area contributed by atoms with Crippen molar-refractivity contribution in [2.45, 2.75) is 13.0 Å². The summed E-state index contributed by atoms with van der Waals surface area (Å²) in [6, 6.07) is 13.3. The molecule has 1 aliphatic heterocycles. The molecule has 0 spiro atoms. The molecule has 34 heavy (non-hydrogen) atoms. The van der Waals surface area contributed by atoms with Crippen LogP contribution in [0.1, 0.15) is 17.9 Å². The summed E-state index contributed by atoms with van der Waals surface area (Å²) in [4.78, 5) is 18.7. The van der Waals surface area contributed by atoms with Crippen LogP contribution in [0.3, 0.4) is 0 Å². The molecule has 10 heteroatoms. The number of para-hydroxylation sites is 1. The molecule has 0 atom stereocenters. The van der Waals surface area contributed by atoms with Crippen LogP contribution >= 0.6 is 0 Å². The van der Waals surface area contributed by atoms with Gasteiger partial charge in [-0.05, 0) is 30.3 Å². The van der Waals surface area contributed by atoms with Gasteiger partial charge in [0.1, 0.15) is 11.3 Å². The van der Waals surface area contributed by atoms with E-state index in [9.17, 15) is 4.79 Å². The molecule has 5 rings (SSSR count). The lowest BCUT2D eigenvalue weighted by Gasteiger charge is -2.26. The standard InChI is InChI=1S/C24H24N6O4/c1-32-21-5-3-2-4-17(21)7-9-22-25-24(27-34-22)18-6-8-20-19(16-18)26-28-30(20)11-10-23(31)29-12-14-33-15-13-29/h2-9,16H,10-15H2,1H3/b9-7+. The van der Waals surface area contributed by atoms with E-state index >= 15 is 0 Å². The maximum atomic E-state index is 12.4. The monoisotopic (exact) mass is 460 g/mol. The Morgan fingerprint density at radius 3 is 2.85 bits per heavy atom. The maximum Gasteiger partial charge on any atom is 0.250 e. The van der Waals surface area contributed by atoms with Crippen LogP contribution in [0.2, 0.25) is 0 Å². The van der Waals surface area contributed by atoms with Gasteiger partial charge in [0.15, 0.2) is 0 Å². The van der Waals surface area contributed by atoms with Crippen LogP contribution in [0.5, 0.6) is 5.75 Å². The normalized spacial score (nSPS) is 14.2. The van der Waals surface area contributed by atoms with E-state index < -0.39 is 0 Å². The Labute approximate surface area is 195 Å². The number of ether oxygens (including phenoxy) is 2. The highest BCUT2D eigenvalue weighted by molar-refractivity contribution is 5.80. The van der Waals surface area contributed by atoms with Gasteiger partial charge in [-0.1, -0.05) is 28.6 Å². The van der Waals surface area contributed by atoms with Crippen LogP contribution in [0.25, 0.3) is 34.6 Å². The Morgan fingerprint density at radius 2 is 2.00 bits per heavy atom. The summed E-state index contributed by atoms with van der Waals surface area (Å²) in [7, 11) is 1.63. The van der Waals surface area contributed by atoms with Gasteiger partial charge in [-0.15, -0.1) is 5.10 Å². The zero-order valence-corrected chi connectivity index (χ0v) is 18.8. The van der Waals surface area contributed by atoms with E-state index in [4.69, 9.17) is 14.0 Å². The number of nitrogens with zero attached hydrogens (tertiary/aromatic N) is 6. The van der Waals surface area contributed by atoms with Gasteiger partial charge >= 0.3 is 0 Å². The fourth-order valence-corrected chi connectivity index (χ4v) is 3.83. The number of fused-ring (bicyclic) bond motifs is 1. The van der Waals surface area contributed by atoms with Crippen molar-refractivity contribution in [3.8, 4) is 17.1 Å². The Balaban J connectivity index is 1.27. The minimum Gasteiger partial charge on any atom is -0.496 e. The molecule has 1 saturated heterocycles. The fraction of sp³-hybridized carbons (Fsp3) is 0.292. The number of methoxy groups -OCH3 is 1. The molecule has 0 unspecified atom stereocenters. The number of morpholine rings is 1. The van der Waals surface area contributed by atoms with Crippen molar-refractivity contribution in [2.75, 3.05) is 33.4 Å². The predicted octanol–water partition coefficient (Wildman–Crippen LogP) is 2.91. The first-order valence-electron chi connectivity index (χ1n) is 11.1. The average Bonchev–Trinajstić information content (AvgIpc) is 3.53. The van der Waals surface area contributed by atoms with Crippen molar-refractivity contribution in [3.63, 3.8) is 0 Å². The predicted molar refractivity (Wildman–Crippen MR) is 125 cm³/mol. The number of rotatable bonds is 7. The van der Waals surface area contributed by atoms with Gasteiger partial charge in [0.05, 0.1) is 32.4 Å². The third-order valence-electron chi connectivity index (χ3n) is 5.66. The van der Waals surface area contributed by atoms with E-state index in [1.807, 2.05) is 53.4 Å². The number of aryl methyl sites for hydroxylation is 1. The van der Waals surface area contributed by atoms with Crippen molar-refractivity contribution in [1.29, 1.82) is 0 Å². The van der Waals surface area contributed by atoms with Crippen molar-refractivity contribution in [2.24, 2.45) is 0 Å². The van der Waals surface area contributed by atoms with Crippen molar-refractivity contribution < 1.29 is 18.8 Å². The van der Waals surface area contributed by atoms with Gasteiger partial charge < -0.3 is 18.9 Å². The number of benzene rings is 2. The van der Waals surface area contributed by atoms with Crippen LogP contribution in [0, 0.1) is 0 Å². The molecule has 1 aliphatic rings. The lowest BCUT2D eigenvalue weighted by molar-refractivity contribution is -0.135. The van der Waals surface area contributed by atoms with E-state index in [2.05, 4.69) is 20.5 Å². The number of hydrogen-bond donors (Lipinski definition) is 0. The summed E-state index contributed by atoms with van der Waals surface area (Å²) in [5.74, 6) is 1.70. The second-order valence-electron chi connectivity index (χ2n) is 7.79. The van der Waals surface area contributed by atoms with Gasteiger partial charge in [0.2, 0.25) is 11.7 Å². The summed E-state index contributed by atoms with van der Waals surface area (Å²) in [5, 5.41) is 12.5. The first kappa shape index (κ1) is 21.8. The second-order valence-corrected chi connectivity index (χ2v) is 7.79. The van der Waals surface area contributed by atoms with E-state index in [0.29, 0.717) is 56.5 Å². The highest BCUT2D eigenvalue weighted by atomic mass is 16.5. The lowest BCUT2D eigenvalue weighted by atomic mass is 10.2. The first-order valence-corrected chi connectivity index (χ1v) is 11.1. The summed E-state index contributed by atoms with van der Waals surface area (Å²) < 4.78 is 17.8.